The Hall–Kier alpha value is -1.59. The molecule has 0 fully saturated rings. The smallest absolute Gasteiger partial charge is 0.313 e. The van der Waals surface area contributed by atoms with E-state index in [1.54, 1.807) is 0 Å². The van der Waals surface area contributed by atoms with Crippen molar-refractivity contribution in [1.29, 1.82) is 0 Å². The minimum atomic E-state index is -1.21. The molecular formula is C7H12FN3O2. The van der Waals surface area contributed by atoms with E-state index in [2.05, 4.69) is 4.99 Å². The van der Waals surface area contributed by atoms with Gasteiger partial charge in [-0.05, 0) is 0 Å². The number of nitrogens with zero attached hydrogens (tertiary/aromatic N) is 1. The van der Waals surface area contributed by atoms with Crippen molar-refractivity contribution in [1.82, 2.24) is 0 Å². The fraction of sp³-hybridized carbons (Fsp3) is 0.429. The van der Waals surface area contributed by atoms with Crippen LogP contribution in [-0.2, 0) is 4.79 Å². The van der Waals surface area contributed by atoms with E-state index in [1.165, 1.54) is 12.2 Å². The van der Waals surface area contributed by atoms with Gasteiger partial charge >= 0.3 is 5.97 Å². The van der Waals surface area contributed by atoms with Gasteiger partial charge in [0, 0.05) is 0 Å². The summed E-state index contributed by atoms with van der Waals surface area (Å²) in [5, 5.41) is 8.41. The van der Waals surface area contributed by atoms with Crippen LogP contribution in [0.5, 0.6) is 0 Å². The van der Waals surface area contributed by atoms with Crippen molar-refractivity contribution in [3.05, 3.63) is 12.2 Å². The van der Waals surface area contributed by atoms with E-state index in [9.17, 15) is 9.18 Å². The van der Waals surface area contributed by atoms with Gasteiger partial charge in [0.15, 0.2) is 5.96 Å². The zero-order chi connectivity index (χ0) is 10.3. The lowest BCUT2D eigenvalue weighted by Crippen LogP contribution is -2.22. The highest BCUT2D eigenvalue weighted by Gasteiger charge is 2.11. The molecule has 0 rings (SSSR count). The van der Waals surface area contributed by atoms with Crippen LogP contribution < -0.4 is 11.5 Å². The second kappa shape index (κ2) is 5.99. The second-order valence-corrected chi connectivity index (χ2v) is 2.29. The fourth-order valence-electron chi connectivity index (χ4n) is 0.583. The number of carboxylic acid groups (broad SMARTS) is 1. The van der Waals surface area contributed by atoms with Crippen molar-refractivity contribution in [2.75, 3.05) is 13.2 Å². The molecule has 0 aliphatic rings. The lowest BCUT2D eigenvalue weighted by Gasteiger charge is -1.98. The molecule has 0 heterocycles. The Morgan fingerprint density at radius 3 is 2.62 bits per heavy atom. The van der Waals surface area contributed by atoms with Crippen LogP contribution in [0.3, 0.4) is 0 Å². The largest absolute Gasteiger partial charge is 0.481 e. The summed E-state index contributed by atoms with van der Waals surface area (Å²) in [5.74, 6) is -2.41. The molecule has 0 aromatic heterocycles. The van der Waals surface area contributed by atoms with E-state index in [0.717, 1.165) is 0 Å². The van der Waals surface area contributed by atoms with Crippen LogP contribution in [0.15, 0.2) is 17.1 Å². The van der Waals surface area contributed by atoms with Gasteiger partial charge in [0.1, 0.15) is 12.6 Å². The van der Waals surface area contributed by atoms with Gasteiger partial charge in [-0.15, -0.1) is 0 Å². The number of rotatable bonds is 5. The van der Waals surface area contributed by atoms with Crippen LogP contribution in [0, 0.1) is 5.92 Å². The molecule has 74 valence electrons. The molecule has 0 saturated carbocycles. The molecule has 0 aliphatic carbocycles. The molecule has 0 saturated heterocycles. The van der Waals surface area contributed by atoms with Gasteiger partial charge in [0.25, 0.3) is 0 Å². The minimum Gasteiger partial charge on any atom is -0.481 e. The standard InChI is InChI=1S/C7H12FN3O2/c8-4-5(6(12)13)2-1-3-11-7(9)10/h1-2,5H,3-4H2,(H,12,13)(H4,9,10,11)/b2-1+/t5-/m1/s1. The number of carboxylic acids is 1. The molecule has 5 nitrogen and oxygen atoms in total. The van der Waals surface area contributed by atoms with Crippen LogP contribution in [0.2, 0.25) is 0 Å². The summed E-state index contributed by atoms with van der Waals surface area (Å²) >= 11 is 0. The first-order valence-electron chi connectivity index (χ1n) is 3.58. The lowest BCUT2D eigenvalue weighted by atomic mass is 10.1. The van der Waals surface area contributed by atoms with Gasteiger partial charge in [-0.3, -0.25) is 4.79 Å². The minimum absolute atomic E-state index is 0.0863. The summed E-state index contributed by atoms with van der Waals surface area (Å²) in [6, 6.07) is 0. The Morgan fingerprint density at radius 2 is 2.23 bits per heavy atom. The van der Waals surface area contributed by atoms with Gasteiger partial charge in [-0.25, -0.2) is 9.38 Å². The topological polar surface area (TPSA) is 102 Å². The monoisotopic (exact) mass is 189 g/mol. The number of hydrogen-bond donors (Lipinski definition) is 3. The highest BCUT2D eigenvalue weighted by Crippen LogP contribution is 1.99. The molecule has 13 heavy (non-hydrogen) atoms. The highest BCUT2D eigenvalue weighted by molar-refractivity contribution is 5.75. The molecule has 0 amide bonds. The Kier molecular flexibility index (Phi) is 5.25. The Labute approximate surface area is 74.9 Å². The lowest BCUT2D eigenvalue weighted by molar-refractivity contribution is -0.140. The molecule has 0 aliphatic heterocycles. The molecule has 6 heteroatoms. The molecule has 0 aromatic carbocycles. The van der Waals surface area contributed by atoms with Crippen LogP contribution in [0.1, 0.15) is 0 Å². The van der Waals surface area contributed by atoms with Crippen LogP contribution in [0.4, 0.5) is 4.39 Å². The van der Waals surface area contributed by atoms with Crippen molar-refractivity contribution in [3.63, 3.8) is 0 Å². The zero-order valence-electron chi connectivity index (χ0n) is 6.98. The van der Waals surface area contributed by atoms with E-state index >= 15 is 0 Å². The quantitative estimate of drug-likeness (QED) is 0.308. The zero-order valence-corrected chi connectivity index (χ0v) is 6.98. The summed E-state index contributed by atoms with van der Waals surface area (Å²) in [6.07, 6.45) is 2.62. The van der Waals surface area contributed by atoms with E-state index in [1.807, 2.05) is 0 Å². The SMILES string of the molecule is NC(N)=NC/C=C/[C@H](CF)C(=O)O. The number of hydrogen-bond acceptors (Lipinski definition) is 2. The van der Waals surface area contributed by atoms with Crippen LogP contribution >= 0.6 is 0 Å². The van der Waals surface area contributed by atoms with Gasteiger partial charge in [0.2, 0.25) is 0 Å². The van der Waals surface area contributed by atoms with E-state index in [-0.39, 0.29) is 12.5 Å². The number of carbonyl (C=O) groups is 1. The average molecular weight is 189 g/mol. The maximum absolute atomic E-state index is 12.0. The van der Waals surface area contributed by atoms with Crippen molar-refractivity contribution in [2.24, 2.45) is 22.4 Å². The summed E-state index contributed by atoms with van der Waals surface area (Å²) < 4.78 is 12.0. The van der Waals surface area contributed by atoms with Crippen molar-refractivity contribution >= 4 is 11.9 Å². The first kappa shape index (κ1) is 11.4. The number of halogens is 1. The Morgan fingerprint density at radius 1 is 1.62 bits per heavy atom. The van der Waals surface area contributed by atoms with E-state index in [4.69, 9.17) is 16.6 Å². The second-order valence-electron chi connectivity index (χ2n) is 2.29. The summed E-state index contributed by atoms with van der Waals surface area (Å²) in [5.41, 5.74) is 10.0. The molecule has 0 radical (unpaired) electrons. The number of guanidine groups is 1. The van der Waals surface area contributed by atoms with Crippen LogP contribution in [0.25, 0.3) is 0 Å². The Bertz CT molecular complexity index is 224. The first-order valence-corrected chi connectivity index (χ1v) is 3.58. The maximum Gasteiger partial charge on any atom is 0.313 e. The molecule has 0 spiro atoms. The molecule has 1 atom stereocenters. The maximum atomic E-state index is 12.0. The van der Waals surface area contributed by atoms with Crippen molar-refractivity contribution in [2.45, 2.75) is 0 Å². The summed E-state index contributed by atoms with van der Waals surface area (Å²) in [4.78, 5) is 13.8. The predicted molar refractivity (Wildman–Crippen MR) is 46.9 cm³/mol. The molecule has 0 bridgehead atoms. The van der Waals surface area contributed by atoms with Crippen LogP contribution in [-0.4, -0.2) is 30.3 Å². The number of aliphatic carboxylic acids is 1. The Balaban J connectivity index is 3.94. The molecule has 5 N–H and O–H groups in total. The molecule has 0 aromatic rings. The molecule has 0 unspecified atom stereocenters. The summed E-state index contributed by atoms with van der Waals surface area (Å²) in [7, 11) is 0. The normalized spacial score (nSPS) is 12.7. The molecular weight excluding hydrogens is 177 g/mol. The third-order valence-electron chi connectivity index (χ3n) is 1.23. The predicted octanol–water partition coefficient (Wildman–Crippen LogP) is -0.514. The summed E-state index contributed by atoms with van der Waals surface area (Å²) in [6.45, 7) is -0.778. The number of nitrogens with two attached hydrogens (primary N) is 2. The number of alkyl halides is 1. The van der Waals surface area contributed by atoms with E-state index in [0.29, 0.717) is 0 Å². The fourth-order valence-corrected chi connectivity index (χ4v) is 0.583. The van der Waals surface area contributed by atoms with Crippen molar-refractivity contribution in [3.8, 4) is 0 Å². The van der Waals surface area contributed by atoms with Gasteiger partial charge in [-0.1, -0.05) is 12.2 Å². The van der Waals surface area contributed by atoms with Gasteiger partial charge in [-0.2, -0.15) is 0 Å². The third kappa shape index (κ3) is 5.66. The first-order chi connectivity index (χ1) is 6.07. The van der Waals surface area contributed by atoms with Crippen molar-refractivity contribution < 1.29 is 14.3 Å². The third-order valence-corrected chi connectivity index (χ3v) is 1.23. The van der Waals surface area contributed by atoms with Gasteiger partial charge < -0.3 is 16.6 Å². The average Bonchev–Trinajstić information content (AvgIpc) is 2.03. The van der Waals surface area contributed by atoms with E-state index < -0.39 is 18.6 Å². The van der Waals surface area contributed by atoms with Gasteiger partial charge in [0.05, 0.1) is 6.54 Å². The highest BCUT2D eigenvalue weighted by atomic mass is 19.1. The number of aliphatic imine (C=N–C) groups is 1.